The van der Waals surface area contributed by atoms with Gasteiger partial charge in [0.15, 0.2) is 5.75 Å². The molecule has 0 bridgehead atoms. The van der Waals surface area contributed by atoms with Crippen LogP contribution in [0.25, 0.3) is 0 Å². The maximum Gasteiger partial charge on any atom is 0.262 e. The molecule has 1 saturated carbocycles. The van der Waals surface area contributed by atoms with Gasteiger partial charge < -0.3 is 9.64 Å². The number of rotatable bonds is 4. The van der Waals surface area contributed by atoms with Crippen molar-refractivity contribution in [1.82, 2.24) is 0 Å². The van der Waals surface area contributed by atoms with Crippen LogP contribution in [0.15, 0.2) is 42.5 Å². The minimum absolute atomic E-state index is 0.213. The number of benzene rings is 2. The van der Waals surface area contributed by atoms with Gasteiger partial charge in [-0.1, -0.05) is 12.1 Å². The van der Waals surface area contributed by atoms with Gasteiger partial charge in [-0.25, -0.2) is 8.42 Å². The fourth-order valence-electron chi connectivity index (χ4n) is 2.93. The van der Waals surface area contributed by atoms with E-state index in [-0.39, 0.29) is 11.2 Å². The summed E-state index contributed by atoms with van der Waals surface area (Å²) in [4.78, 5) is 14.6. The quantitative estimate of drug-likeness (QED) is 0.909. The van der Waals surface area contributed by atoms with E-state index in [4.69, 9.17) is 4.74 Å². The van der Waals surface area contributed by atoms with E-state index >= 15 is 0 Å². The number of nitrogens with zero attached hydrogens (tertiary/aromatic N) is 1. The van der Waals surface area contributed by atoms with Crippen molar-refractivity contribution in [2.45, 2.75) is 25.0 Å². The highest BCUT2D eigenvalue weighted by molar-refractivity contribution is 7.93. The number of carbonyl (C=O) groups excluding carboxylic acids is 1. The zero-order valence-corrected chi connectivity index (χ0v) is 14.5. The number of fused-ring (bicyclic) bond motifs is 2. The second-order valence-electron chi connectivity index (χ2n) is 6.18. The van der Waals surface area contributed by atoms with Crippen molar-refractivity contribution in [1.29, 1.82) is 0 Å². The predicted octanol–water partition coefficient (Wildman–Crippen LogP) is 3.36. The number of hydrogen-bond donors (Lipinski definition) is 1. The summed E-state index contributed by atoms with van der Waals surface area (Å²) >= 11 is 0. The molecule has 1 amide bonds. The highest BCUT2D eigenvalue weighted by Gasteiger charge is 2.36. The maximum atomic E-state index is 13.0. The van der Waals surface area contributed by atoms with Gasteiger partial charge in [-0.05, 0) is 50.1 Å². The van der Waals surface area contributed by atoms with Crippen LogP contribution in [0.3, 0.4) is 0 Å². The molecule has 6 nitrogen and oxygen atoms in total. The van der Waals surface area contributed by atoms with Crippen LogP contribution in [0.4, 0.5) is 11.4 Å². The second kappa shape index (κ2) is 5.77. The molecule has 1 aliphatic carbocycles. The molecule has 0 spiro atoms. The van der Waals surface area contributed by atoms with Gasteiger partial charge in [0.2, 0.25) is 10.0 Å². The SMILES string of the molecule is CCN1C(=O)c2cc(NS(=O)(=O)C3CC3)ccc2Oc2ccccc21. The summed E-state index contributed by atoms with van der Waals surface area (Å²) in [5.41, 5.74) is 1.42. The summed E-state index contributed by atoms with van der Waals surface area (Å²) in [5.74, 6) is 0.806. The number of hydrogen-bond acceptors (Lipinski definition) is 4. The maximum absolute atomic E-state index is 13.0. The monoisotopic (exact) mass is 358 g/mol. The van der Waals surface area contributed by atoms with Gasteiger partial charge in [0, 0.05) is 12.2 Å². The highest BCUT2D eigenvalue weighted by Crippen LogP contribution is 2.40. The Balaban J connectivity index is 1.75. The molecule has 1 fully saturated rings. The Kier molecular flexibility index (Phi) is 3.68. The molecule has 1 N–H and O–H groups in total. The van der Waals surface area contributed by atoms with Crippen LogP contribution in [-0.2, 0) is 10.0 Å². The molecule has 0 saturated heterocycles. The van der Waals surface area contributed by atoms with Crippen molar-refractivity contribution < 1.29 is 17.9 Å². The summed E-state index contributed by atoms with van der Waals surface area (Å²) in [6.07, 6.45) is 1.36. The Morgan fingerprint density at radius 2 is 1.92 bits per heavy atom. The normalized spacial score (nSPS) is 16.5. The first-order valence-corrected chi connectivity index (χ1v) is 9.78. The Bertz CT molecular complexity index is 951. The van der Waals surface area contributed by atoms with Crippen LogP contribution in [-0.4, -0.2) is 26.1 Å². The lowest BCUT2D eigenvalue weighted by atomic mass is 10.1. The van der Waals surface area contributed by atoms with Gasteiger partial charge in [0.1, 0.15) is 5.75 Å². The molecule has 0 atom stereocenters. The van der Waals surface area contributed by atoms with Crippen molar-refractivity contribution >= 4 is 27.3 Å². The van der Waals surface area contributed by atoms with Crippen molar-refractivity contribution in [3.8, 4) is 11.5 Å². The molecule has 0 aromatic heterocycles. The largest absolute Gasteiger partial charge is 0.454 e. The van der Waals surface area contributed by atoms with E-state index in [1.54, 1.807) is 23.1 Å². The number of nitrogens with one attached hydrogen (secondary N) is 1. The lowest BCUT2D eigenvalue weighted by Crippen LogP contribution is -2.29. The molecule has 2 aromatic carbocycles. The van der Waals surface area contributed by atoms with Crippen LogP contribution in [0.5, 0.6) is 11.5 Å². The molecule has 4 rings (SSSR count). The first-order chi connectivity index (χ1) is 12.0. The van der Waals surface area contributed by atoms with Gasteiger partial charge in [-0.3, -0.25) is 9.52 Å². The average molecular weight is 358 g/mol. The van der Waals surface area contributed by atoms with Crippen LogP contribution in [0, 0.1) is 0 Å². The van der Waals surface area contributed by atoms with Crippen LogP contribution in [0.1, 0.15) is 30.1 Å². The number of ether oxygens (including phenoxy) is 1. The van der Waals surface area contributed by atoms with E-state index in [2.05, 4.69) is 4.72 Å². The Morgan fingerprint density at radius 3 is 2.64 bits per heavy atom. The van der Waals surface area contributed by atoms with Gasteiger partial charge >= 0.3 is 0 Å². The lowest BCUT2D eigenvalue weighted by Gasteiger charge is -2.19. The smallest absolute Gasteiger partial charge is 0.262 e. The van der Waals surface area contributed by atoms with E-state index in [0.29, 0.717) is 47.8 Å². The predicted molar refractivity (Wildman–Crippen MR) is 95.9 cm³/mol. The first-order valence-electron chi connectivity index (χ1n) is 8.24. The molecule has 1 aliphatic heterocycles. The minimum atomic E-state index is -3.38. The number of amides is 1. The molecular weight excluding hydrogens is 340 g/mol. The van der Waals surface area contributed by atoms with E-state index < -0.39 is 10.0 Å². The number of para-hydroxylation sites is 2. The number of carbonyl (C=O) groups is 1. The summed E-state index contributed by atoms with van der Waals surface area (Å²) < 4.78 is 32.8. The zero-order valence-electron chi connectivity index (χ0n) is 13.7. The van der Waals surface area contributed by atoms with Crippen LogP contribution < -0.4 is 14.4 Å². The topological polar surface area (TPSA) is 75.7 Å². The molecule has 2 aliphatic rings. The van der Waals surface area contributed by atoms with E-state index in [1.807, 2.05) is 31.2 Å². The summed E-state index contributed by atoms with van der Waals surface area (Å²) in [6.45, 7) is 2.37. The van der Waals surface area contributed by atoms with Crippen molar-refractivity contribution in [3.05, 3.63) is 48.0 Å². The third-order valence-corrected chi connectivity index (χ3v) is 6.24. The van der Waals surface area contributed by atoms with Gasteiger partial charge in [-0.2, -0.15) is 0 Å². The molecule has 7 heteroatoms. The average Bonchev–Trinajstić information content (AvgIpc) is 3.43. The Morgan fingerprint density at radius 1 is 1.16 bits per heavy atom. The molecule has 25 heavy (non-hydrogen) atoms. The number of sulfonamides is 1. The first kappa shape index (κ1) is 16.0. The second-order valence-corrected chi connectivity index (χ2v) is 8.14. The summed E-state index contributed by atoms with van der Waals surface area (Å²) in [6, 6.07) is 12.1. The van der Waals surface area contributed by atoms with Crippen LogP contribution >= 0.6 is 0 Å². The van der Waals surface area contributed by atoms with E-state index in [1.165, 1.54) is 0 Å². The van der Waals surface area contributed by atoms with Gasteiger partial charge in [0.05, 0.1) is 16.5 Å². The summed E-state index contributed by atoms with van der Waals surface area (Å²) in [7, 11) is -3.38. The molecule has 130 valence electrons. The molecular formula is C18H18N2O4S. The highest BCUT2D eigenvalue weighted by atomic mass is 32.2. The molecule has 2 aromatic rings. The lowest BCUT2D eigenvalue weighted by molar-refractivity contribution is 0.0988. The van der Waals surface area contributed by atoms with Gasteiger partial charge in [-0.15, -0.1) is 0 Å². The fraction of sp³-hybridized carbons (Fsp3) is 0.278. The standard InChI is InChI=1S/C18H18N2O4S/c1-2-20-15-5-3-4-6-17(15)24-16-10-7-12(11-14(16)18(20)21)19-25(22,23)13-8-9-13/h3-7,10-11,13,19H,2,8-9H2,1H3. The third kappa shape index (κ3) is 2.84. The van der Waals surface area contributed by atoms with Crippen molar-refractivity contribution in [2.24, 2.45) is 0 Å². The molecule has 1 heterocycles. The Hall–Kier alpha value is -2.54. The minimum Gasteiger partial charge on any atom is -0.454 e. The molecule has 0 radical (unpaired) electrons. The van der Waals surface area contributed by atoms with Crippen molar-refractivity contribution in [3.63, 3.8) is 0 Å². The number of anilines is 2. The van der Waals surface area contributed by atoms with E-state index in [9.17, 15) is 13.2 Å². The van der Waals surface area contributed by atoms with Gasteiger partial charge in [0.25, 0.3) is 5.91 Å². The van der Waals surface area contributed by atoms with Crippen molar-refractivity contribution in [2.75, 3.05) is 16.2 Å². The van der Waals surface area contributed by atoms with E-state index in [0.717, 1.165) is 0 Å². The fourth-order valence-corrected chi connectivity index (χ4v) is 4.31. The Labute approximate surface area is 146 Å². The molecule has 0 unspecified atom stereocenters. The van der Waals surface area contributed by atoms with Crippen LogP contribution in [0.2, 0.25) is 0 Å². The third-order valence-electron chi connectivity index (χ3n) is 4.37. The zero-order chi connectivity index (χ0) is 17.6. The summed E-state index contributed by atoms with van der Waals surface area (Å²) in [5, 5.41) is -0.324.